The van der Waals surface area contributed by atoms with Gasteiger partial charge in [-0.1, -0.05) is 17.3 Å². The van der Waals surface area contributed by atoms with Gasteiger partial charge in [-0.2, -0.15) is 0 Å². The highest BCUT2D eigenvalue weighted by atomic mass is 19.3. The number of halogens is 2. The first-order valence-corrected chi connectivity index (χ1v) is 8.96. The lowest BCUT2D eigenvalue weighted by molar-refractivity contribution is 0.0691. The molecule has 0 amide bonds. The van der Waals surface area contributed by atoms with Crippen LogP contribution in [0.2, 0.25) is 0 Å². The summed E-state index contributed by atoms with van der Waals surface area (Å²) < 4.78 is 34.1. The van der Waals surface area contributed by atoms with Gasteiger partial charge in [0.2, 0.25) is 5.88 Å². The fourth-order valence-corrected chi connectivity index (χ4v) is 2.74. The zero-order valence-electron chi connectivity index (χ0n) is 16.1. The normalized spacial score (nSPS) is 11.1. The fraction of sp³-hybridized carbons (Fsp3) is 0.158. The summed E-state index contributed by atoms with van der Waals surface area (Å²) in [5.41, 5.74) is 1.61. The molecule has 0 aliphatic carbocycles. The molecule has 0 saturated heterocycles. The van der Waals surface area contributed by atoms with E-state index in [1.807, 2.05) is 0 Å². The molecule has 0 aliphatic heterocycles. The van der Waals surface area contributed by atoms with Crippen LogP contribution in [0, 0.1) is 6.92 Å². The monoisotopic (exact) mass is 427 g/mol. The number of hydrogen-bond donors (Lipinski definition) is 1. The molecule has 12 heteroatoms. The summed E-state index contributed by atoms with van der Waals surface area (Å²) in [4.78, 5) is 14.7. The molecule has 0 aliphatic rings. The average molecular weight is 427 g/mol. The summed E-state index contributed by atoms with van der Waals surface area (Å²) in [5.74, 6) is -0.548. The number of aromatic carboxylic acids is 1. The van der Waals surface area contributed by atoms with E-state index in [4.69, 9.17) is 9.84 Å². The van der Waals surface area contributed by atoms with Crippen LogP contribution in [-0.2, 0) is 6.61 Å². The zero-order valence-corrected chi connectivity index (χ0v) is 16.1. The first-order chi connectivity index (χ1) is 14.9. The number of benzene rings is 1. The van der Waals surface area contributed by atoms with Crippen molar-refractivity contribution in [1.82, 2.24) is 34.7 Å². The van der Waals surface area contributed by atoms with Crippen LogP contribution >= 0.6 is 0 Å². The summed E-state index contributed by atoms with van der Waals surface area (Å²) >= 11 is 0. The summed E-state index contributed by atoms with van der Waals surface area (Å²) in [6.45, 7) is 1.82. The van der Waals surface area contributed by atoms with Crippen LogP contribution in [0.1, 0.15) is 33.9 Å². The van der Waals surface area contributed by atoms with Gasteiger partial charge in [0, 0.05) is 17.8 Å². The lowest BCUT2D eigenvalue weighted by Crippen LogP contribution is -2.08. The van der Waals surface area contributed by atoms with E-state index in [-0.39, 0.29) is 23.7 Å². The maximum atomic E-state index is 12.8. The van der Waals surface area contributed by atoms with Crippen LogP contribution in [0.25, 0.3) is 11.5 Å². The Bertz CT molecular complexity index is 1200. The third-order valence-corrected chi connectivity index (χ3v) is 4.40. The number of carboxylic acids is 1. The molecule has 0 unspecified atom stereocenters. The Morgan fingerprint density at radius 3 is 2.52 bits per heavy atom. The predicted octanol–water partition coefficient (Wildman–Crippen LogP) is 2.77. The van der Waals surface area contributed by atoms with E-state index in [1.165, 1.54) is 46.0 Å². The molecule has 0 radical (unpaired) electrons. The van der Waals surface area contributed by atoms with Gasteiger partial charge in [-0.05, 0) is 25.1 Å². The SMILES string of the molecule is Cc1nnn(-c2ccc(C(F)F)cc2)c1COc1ccc(-n2cnc(C(=O)O)c2)nn1. The van der Waals surface area contributed by atoms with Crippen LogP contribution < -0.4 is 4.74 Å². The number of imidazole rings is 1. The lowest BCUT2D eigenvalue weighted by atomic mass is 10.2. The molecular weight excluding hydrogens is 412 g/mol. The summed E-state index contributed by atoms with van der Waals surface area (Å²) in [6, 6.07) is 8.90. The number of nitrogens with zero attached hydrogens (tertiary/aromatic N) is 7. The van der Waals surface area contributed by atoms with Gasteiger partial charge in [0.25, 0.3) is 6.43 Å². The average Bonchev–Trinajstić information content (AvgIpc) is 3.40. The molecule has 158 valence electrons. The molecule has 1 aromatic carbocycles. The number of hydrogen-bond acceptors (Lipinski definition) is 7. The van der Waals surface area contributed by atoms with Crippen molar-refractivity contribution in [3.8, 4) is 17.4 Å². The molecule has 0 fully saturated rings. The maximum Gasteiger partial charge on any atom is 0.356 e. The number of carbonyl (C=O) groups is 1. The van der Waals surface area contributed by atoms with E-state index in [0.717, 1.165) is 0 Å². The molecule has 0 bridgehead atoms. The van der Waals surface area contributed by atoms with Crippen molar-refractivity contribution in [2.45, 2.75) is 20.0 Å². The largest absolute Gasteiger partial charge is 0.476 e. The van der Waals surface area contributed by atoms with Gasteiger partial charge < -0.3 is 9.84 Å². The van der Waals surface area contributed by atoms with Crippen molar-refractivity contribution in [2.75, 3.05) is 0 Å². The van der Waals surface area contributed by atoms with Crippen molar-refractivity contribution < 1.29 is 23.4 Å². The van der Waals surface area contributed by atoms with Gasteiger partial charge in [0.1, 0.15) is 18.6 Å². The smallest absolute Gasteiger partial charge is 0.356 e. The van der Waals surface area contributed by atoms with E-state index in [2.05, 4.69) is 25.5 Å². The third-order valence-electron chi connectivity index (χ3n) is 4.40. The van der Waals surface area contributed by atoms with E-state index in [1.54, 1.807) is 19.1 Å². The van der Waals surface area contributed by atoms with Crippen molar-refractivity contribution in [1.29, 1.82) is 0 Å². The molecule has 0 atom stereocenters. The molecule has 0 saturated carbocycles. The molecule has 0 spiro atoms. The zero-order chi connectivity index (χ0) is 22.0. The quantitative estimate of drug-likeness (QED) is 0.478. The first kappa shape index (κ1) is 20.1. The Balaban J connectivity index is 1.48. The van der Waals surface area contributed by atoms with E-state index < -0.39 is 12.4 Å². The molecule has 3 aromatic heterocycles. The second-order valence-corrected chi connectivity index (χ2v) is 6.42. The fourth-order valence-electron chi connectivity index (χ4n) is 2.74. The first-order valence-electron chi connectivity index (χ1n) is 8.96. The maximum absolute atomic E-state index is 12.8. The molecule has 1 N–H and O–H groups in total. The minimum absolute atomic E-state index is 0.0672. The van der Waals surface area contributed by atoms with Gasteiger partial charge in [-0.25, -0.2) is 23.2 Å². The number of alkyl halides is 2. The van der Waals surface area contributed by atoms with Crippen molar-refractivity contribution in [3.05, 3.63) is 71.6 Å². The van der Waals surface area contributed by atoms with Gasteiger partial charge in [0.15, 0.2) is 11.5 Å². The topological polar surface area (TPSA) is 121 Å². The van der Waals surface area contributed by atoms with Crippen molar-refractivity contribution in [2.24, 2.45) is 0 Å². The summed E-state index contributed by atoms with van der Waals surface area (Å²) in [7, 11) is 0. The van der Waals surface area contributed by atoms with E-state index in [0.29, 0.717) is 22.9 Å². The second-order valence-electron chi connectivity index (χ2n) is 6.42. The minimum Gasteiger partial charge on any atom is -0.476 e. The minimum atomic E-state index is -2.55. The van der Waals surface area contributed by atoms with Crippen LogP contribution in [0.15, 0.2) is 48.9 Å². The number of rotatable bonds is 7. The van der Waals surface area contributed by atoms with Crippen LogP contribution in [-0.4, -0.2) is 45.8 Å². The molecule has 4 aromatic rings. The van der Waals surface area contributed by atoms with E-state index >= 15 is 0 Å². The number of carboxylic acid groups (broad SMARTS) is 1. The summed E-state index contributed by atoms with van der Waals surface area (Å²) in [6.07, 6.45) is 0.0923. The highest BCUT2D eigenvalue weighted by molar-refractivity contribution is 5.85. The third kappa shape index (κ3) is 4.22. The number of ether oxygens (including phenoxy) is 1. The van der Waals surface area contributed by atoms with Crippen LogP contribution in [0.3, 0.4) is 0 Å². The highest BCUT2D eigenvalue weighted by Gasteiger charge is 2.14. The summed E-state index contributed by atoms with van der Waals surface area (Å²) in [5, 5.41) is 25.0. The van der Waals surface area contributed by atoms with Gasteiger partial charge in [0.05, 0.1) is 11.4 Å². The van der Waals surface area contributed by atoms with Crippen molar-refractivity contribution >= 4 is 5.97 Å². The Morgan fingerprint density at radius 2 is 1.90 bits per heavy atom. The van der Waals surface area contributed by atoms with Crippen LogP contribution in [0.4, 0.5) is 8.78 Å². The molecular formula is C19H15F2N7O3. The Labute approximate surface area is 173 Å². The number of aromatic nitrogens is 7. The van der Waals surface area contributed by atoms with Crippen LogP contribution in [0.5, 0.6) is 5.88 Å². The van der Waals surface area contributed by atoms with Gasteiger partial charge >= 0.3 is 5.97 Å². The van der Waals surface area contributed by atoms with Crippen molar-refractivity contribution in [3.63, 3.8) is 0 Å². The lowest BCUT2D eigenvalue weighted by Gasteiger charge is -2.09. The Morgan fingerprint density at radius 1 is 1.13 bits per heavy atom. The standard InChI is InChI=1S/C19H15F2N7O3/c1-11-15(28(26-23-11)13-4-2-12(3-5-13)18(20)21)9-31-17-7-6-16(24-25-17)27-8-14(19(29)30)22-10-27/h2-8,10,18H,9H2,1H3,(H,29,30). The van der Waals surface area contributed by atoms with E-state index in [9.17, 15) is 13.6 Å². The second kappa shape index (κ2) is 8.26. The highest BCUT2D eigenvalue weighted by Crippen LogP contribution is 2.21. The Hall–Kier alpha value is -4.22. The van der Waals surface area contributed by atoms with Gasteiger partial charge in [-0.3, -0.25) is 4.57 Å². The molecule has 4 rings (SSSR count). The molecule has 31 heavy (non-hydrogen) atoms. The molecule has 10 nitrogen and oxygen atoms in total. The predicted molar refractivity (Wildman–Crippen MR) is 101 cm³/mol. The number of aryl methyl sites for hydroxylation is 1. The Kier molecular flexibility index (Phi) is 5.35. The van der Waals surface area contributed by atoms with Gasteiger partial charge in [-0.15, -0.1) is 15.3 Å². The molecule has 3 heterocycles.